The Hall–Kier alpha value is -0.610. The zero-order chi connectivity index (χ0) is 14.4. The number of hydrogen-bond acceptors (Lipinski definition) is 4. The van der Waals surface area contributed by atoms with Gasteiger partial charge in [0.15, 0.2) is 5.16 Å². The lowest BCUT2D eigenvalue weighted by Gasteiger charge is -2.21. The van der Waals surface area contributed by atoms with Crippen molar-refractivity contribution in [3.8, 4) is 0 Å². The summed E-state index contributed by atoms with van der Waals surface area (Å²) in [5.41, 5.74) is 3.39. The van der Waals surface area contributed by atoms with Gasteiger partial charge >= 0.3 is 0 Å². The van der Waals surface area contributed by atoms with Crippen molar-refractivity contribution in [2.75, 3.05) is 12.3 Å². The average molecular weight is 281 g/mol. The van der Waals surface area contributed by atoms with Gasteiger partial charge < -0.3 is 5.32 Å². The molecule has 0 aliphatic heterocycles. The Morgan fingerprint density at radius 3 is 2.16 bits per heavy atom. The lowest BCUT2D eigenvalue weighted by Crippen LogP contribution is -2.36. The van der Waals surface area contributed by atoms with Crippen LogP contribution in [0, 0.1) is 26.7 Å². The summed E-state index contributed by atoms with van der Waals surface area (Å²) in [5.74, 6) is 1.66. The van der Waals surface area contributed by atoms with E-state index in [9.17, 15) is 0 Å². The molecule has 4 heteroatoms. The van der Waals surface area contributed by atoms with E-state index in [1.807, 2.05) is 0 Å². The van der Waals surface area contributed by atoms with E-state index in [1.165, 1.54) is 12.0 Å². The smallest absolute Gasteiger partial charge is 0.188 e. The first-order valence-electron chi connectivity index (χ1n) is 7.13. The van der Waals surface area contributed by atoms with Crippen molar-refractivity contribution < 1.29 is 0 Å². The maximum atomic E-state index is 4.57. The molecule has 0 radical (unpaired) electrons. The van der Waals surface area contributed by atoms with E-state index in [0.29, 0.717) is 12.0 Å². The maximum Gasteiger partial charge on any atom is 0.188 e. The van der Waals surface area contributed by atoms with Gasteiger partial charge in [-0.05, 0) is 45.2 Å². The Bertz CT molecular complexity index is 381. The van der Waals surface area contributed by atoms with Gasteiger partial charge in [0.2, 0.25) is 0 Å². The zero-order valence-electron chi connectivity index (χ0n) is 13.1. The summed E-state index contributed by atoms with van der Waals surface area (Å²) in [6.07, 6.45) is 1.17. The lowest BCUT2D eigenvalue weighted by molar-refractivity contribution is 0.433. The first-order chi connectivity index (χ1) is 8.95. The molecular weight excluding hydrogens is 254 g/mol. The summed E-state index contributed by atoms with van der Waals surface area (Å²) in [6, 6.07) is 0.524. The van der Waals surface area contributed by atoms with Crippen LogP contribution >= 0.6 is 11.8 Å². The highest BCUT2D eigenvalue weighted by Gasteiger charge is 2.14. The van der Waals surface area contributed by atoms with Crippen molar-refractivity contribution in [3.05, 3.63) is 17.0 Å². The Morgan fingerprint density at radius 2 is 1.68 bits per heavy atom. The molecule has 108 valence electrons. The van der Waals surface area contributed by atoms with Gasteiger partial charge in [0.05, 0.1) is 0 Å². The van der Waals surface area contributed by atoms with E-state index in [0.717, 1.165) is 28.8 Å². The number of nitrogens with zero attached hydrogens (tertiary/aromatic N) is 2. The fourth-order valence-corrected chi connectivity index (χ4v) is 3.02. The molecule has 0 aromatic carbocycles. The highest BCUT2D eigenvalue weighted by Crippen LogP contribution is 2.19. The maximum absolute atomic E-state index is 4.57. The van der Waals surface area contributed by atoms with Crippen LogP contribution in [0.1, 0.15) is 44.1 Å². The summed E-state index contributed by atoms with van der Waals surface area (Å²) >= 11 is 1.76. The molecule has 1 N–H and O–H groups in total. The molecule has 0 saturated heterocycles. The third-order valence-electron chi connectivity index (χ3n) is 3.47. The highest BCUT2D eigenvalue weighted by molar-refractivity contribution is 7.99. The number of rotatable bonds is 7. The molecule has 0 saturated carbocycles. The second-order valence-corrected chi connectivity index (χ2v) is 6.40. The van der Waals surface area contributed by atoms with Gasteiger partial charge in [-0.15, -0.1) is 0 Å². The molecule has 1 aromatic rings. The molecule has 0 bridgehead atoms. The normalized spacial score (nSPS) is 13.0. The van der Waals surface area contributed by atoms with Crippen LogP contribution in [0.3, 0.4) is 0 Å². The van der Waals surface area contributed by atoms with Gasteiger partial charge in [-0.25, -0.2) is 9.97 Å². The third kappa shape index (κ3) is 5.11. The van der Waals surface area contributed by atoms with Crippen LogP contribution < -0.4 is 5.32 Å². The molecule has 1 aromatic heterocycles. The Balaban J connectivity index is 2.63. The van der Waals surface area contributed by atoms with Gasteiger partial charge in [0.25, 0.3) is 0 Å². The molecule has 19 heavy (non-hydrogen) atoms. The lowest BCUT2D eigenvalue weighted by atomic mass is 10.1. The summed E-state index contributed by atoms with van der Waals surface area (Å²) < 4.78 is 0. The number of hydrogen-bond donors (Lipinski definition) is 1. The van der Waals surface area contributed by atoms with Crippen LogP contribution in [0.4, 0.5) is 0 Å². The summed E-state index contributed by atoms with van der Waals surface area (Å²) in [6.45, 7) is 14.0. The Labute approximate surface area is 122 Å². The summed E-state index contributed by atoms with van der Waals surface area (Å²) in [5, 5.41) is 4.51. The predicted octanol–water partition coefficient (Wildman–Crippen LogP) is 3.52. The second kappa shape index (κ2) is 7.85. The molecule has 0 amide bonds. The largest absolute Gasteiger partial charge is 0.313 e. The molecule has 3 nitrogen and oxygen atoms in total. The van der Waals surface area contributed by atoms with E-state index in [1.54, 1.807) is 11.8 Å². The second-order valence-electron chi connectivity index (χ2n) is 5.42. The van der Waals surface area contributed by atoms with Crippen LogP contribution in [0.15, 0.2) is 5.16 Å². The van der Waals surface area contributed by atoms with E-state index < -0.39 is 0 Å². The predicted molar refractivity (Wildman–Crippen MR) is 83.9 cm³/mol. The highest BCUT2D eigenvalue weighted by atomic mass is 32.2. The van der Waals surface area contributed by atoms with Crippen molar-refractivity contribution in [1.82, 2.24) is 15.3 Å². The minimum Gasteiger partial charge on any atom is -0.313 e. The summed E-state index contributed by atoms with van der Waals surface area (Å²) in [4.78, 5) is 9.14. The van der Waals surface area contributed by atoms with Crippen LogP contribution in [0.25, 0.3) is 0 Å². The van der Waals surface area contributed by atoms with Gasteiger partial charge in [0, 0.05) is 23.2 Å². The Morgan fingerprint density at radius 1 is 1.11 bits per heavy atom. The minimum atomic E-state index is 0.524. The molecular formula is C15H27N3S. The molecule has 0 aliphatic carbocycles. The van der Waals surface area contributed by atoms with Crippen molar-refractivity contribution >= 4 is 11.8 Å². The molecule has 1 unspecified atom stereocenters. The van der Waals surface area contributed by atoms with Crippen LogP contribution in [0.5, 0.6) is 0 Å². The van der Waals surface area contributed by atoms with Crippen LogP contribution in [0.2, 0.25) is 0 Å². The zero-order valence-corrected chi connectivity index (χ0v) is 13.9. The van der Waals surface area contributed by atoms with Crippen LogP contribution in [-0.2, 0) is 0 Å². The fourth-order valence-electron chi connectivity index (χ4n) is 1.79. The van der Waals surface area contributed by atoms with Crippen molar-refractivity contribution in [2.45, 2.75) is 59.2 Å². The van der Waals surface area contributed by atoms with Gasteiger partial charge in [-0.2, -0.15) is 0 Å². The first kappa shape index (κ1) is 16.4. The van der Waals surface area contributed by atoms with E-state index in [2.05, 4.69) is 56.8 Å². The van der Waals surface area contributed by atoms with Gasteiger partial charge in [-0.1, -0.05) is 32.5 Å². The molecule has 1 heterocycles. The minimum absolute atomic E-state index is 0.524. The molecule has 0 aliphatic rings. The standard InChI is InChI=1S/C15H27N3S/c1-7-8-16-14(10(2)3)9-19-15-17-12(5)11(4)13(6)18-15/h10,14,16H,7-9H2,1-6H3. The van der Waals surface area contributed by atoms with Crippen molar-refractivity contribution in [2.24, 2.45) is 5.92 Å². The monoisotopic (exact) mass is 281 g/mol. The summed E-state index contributed by atoms with van der Waals surface area (Å²) in [7, 11) is 0. The number of aromatic nitrogens is 2. The SMILES string of the molecule is CCCNC(CSc1nc(C)c(C)c(C)n1)C(C)C. The first-order valence-corrected chi connectivity index (χ1v) is 8.12. The van der Waals surface area contributed by atoms with Crippen molar-refractivity contribution in [3.63, 3.8) is 0 Å². The Kier molecular flexibility index (Phi) is 6.80. The topological polar surface area (TPSA) is 37.8 Å². The van der Waals surface area contributed by atoms with Gasteiger partial charge in [-0.3, -0.25) is 0 Å². The van der Waals surface area contributed by atoms with Gasteiger partial charge in [0.1, 0.15) is 0 Å². The quantitative estimate of drug-likeness (QED) is 0.613. The third-order valence-corrected chi connectivity index (χ3v) is 4.43. The van der Waals surface area contributed by atoms with E-state index >= 15 is 0 Å². The molecule has 1 atom stereocenters. The van der Waals surface area contributed by atoms with Crippen molar-refractivity contribution in [1.29, 1.82) is 0 Å². The molecule has 0 fully saturated rings. The average Bonchev–Trinajstić information content (AvgIpc) is 2.35. The molecule has 1 rings (SSSR count). The number of nitrogens with one attached hydrogen (secondary N) is 1. The van der Waals surface area contributed by atoms with E-state index in [4.69, 9.17) is 0 Å². The number of aryl methyl sites for hydroxylation is 2. The molecule has 0 spiro atoms. The fraction of sp³-hybridized carbons (Fsp3) is 0.733. The number of thioether (sulfide) groups is 1. The van der Waals surface area contributed by atoms with Crippen LogP contribution in [-0.4, -0.2) is 28.3 Å². The van der Waals surface area contributed by atoms with E-state index in [-0.39, 0.29) is 0 Å².